The minimum Gasteiger partial charge on any atom is -0.467 e. The van der Waals surface area contributed by atoms with Crippen molar-refractivity contribution in [2.24, 2.45) is 11.8 Å². The van der Waals surface area contributed by atoms with E-state index in [4.69, 9.17) is 9.47 Å². The molecule has 1 aliphatic heterocycles. The predicted molar refractivity (Wildman–Crippen MR) is 74.3 cm³/mol. The lowest BCUT2D eigenvalue weighted by Gasteiger charge is -2.61. The quantitative estimate of drug-likeness (QED) is 0.743. The lowest BCUT2D eigenvalue weighted by Crippen LogP contribution is -2.74. The number of nitrogens with zero attached hydrogens (tertiary/aromatic N) is 1. The second kappa shape index (κ2) is 4.00. The number of ether oxygens (including phenoxy) is 2. The molecule has 0 aromatic heterocycles. The largest absolute Gasteiger partial charge is 0.467 e. The van der Waals surface area contributed by atoms with E-state index in [2.05, 4.69) is 6.07 Å². The summed E-state index contributed by atoms with van der Waals surface area (Å²) in [6.07, 6.45) is 4.18. The Bertz CT molecular complexity index is 664. The van der Waals surface area contributed by atoms with Gasteiger partial charge in [-0.15, -0.1) is 0 Å². The molecule has 0 saturated heterocycles. The summed E-state index contributed by atoms with van der Waals surface area (Å²) in [7, 11) is 0. The summed E-state index contributed by atoms with van der Waals surface area (Å²) < 4.78 is 11.9. The van der Waals surface area contributed by atoms with E-state index < -0.39 is 11.2 Å². The second-order valence-electron chi connectivity index (χ2n) is 6.27. The molecule has 0 N–H and O–H groups in total. The average molecular weight is 283 g/mol. The van der Waals surface area contributed by atoms with Crippen molar-refractivity contribution in [3.05, 3.63) is 29.8 Å². The summed E-state index contributed by atoms with van der Waals surface area (Å²) >= 11 is 0. The Balaban J connectivity index is 1.93. The highest BCUT2D eigenvalue weighted by Crippen LogP contribution is 2.70. The Morgan fingerprint density at radius 1 is 1.33 bits per heavy atom. The first kappa shape index (κ1) is 12.7. The molecule has 1 aromatic rings. The summed E-state index contributed by atoms with van der Waals surface area (Å²) in [5.74, 6) is 0.690. The molecule has 3 aliphatic rings. The van der Waals surface area contributed by atoms with Crippen molar-refractivity contribution in [2.45, 2.75) is 43.8 Å². The molecule has 4 rings (SSSR count). The maximum atomic E-state index is 11.7. The number of hydrogen-bond donors (Lipinski definition) is 0. The zero-order valence-corrected chi connectivity index (χ0v) is 12.0. The lowest BCUT2D eigenvalue weighted by atomic mass is 9.45. The number of para-hydroxylation sites is 1. The number of carbonyl (C=O) groups excluding carboxylic acids is 1. The fourth-order valence-corrected chi connectivity index (χ4v) is 4.77. The summed E-state index contributed by atoms with van der Waals surface area (Å²) in [6.45, 7) is 1.41. The molecule has 4 heteroatoms. The van der Waals surface area contributed by atoms with Gasteiger partial charge in [0, 0.05) is 24.3 Å². The zero-order valence-electron chi connectivity index (χ0n) is 12.0. The number of nitriles is 1. The molecule has 2 saturated carbocycles. The van der Waals surface area contributed by atoms with Gasteiger partial charge in [0.05, 0.1) is 0 Å². The molecule has 4 unspecified atom stereocenters. The molecular weight excluding hydrogens is 266 g/mol. The van der Waals surface area contributed by atoms with Gasteiger partial charge in [-0.2, -0.15) is 5.26 Å². The van der Waals surface area contributed by atoms with Gasteiger partial charge in [0.15, 0.2) is 5.60 Å². The van der Waals surface area contributed by atoms with Gasteiger partial charge in [-0.25, -0.2) is 0 Å². The van der Waals surface area contributed by atoms with Crippen LogP contribution in [0.5, 0.6) is 5.75 Å². The first-order chi connectivity index (χ1) is 10.2. The van der Waals surface area contributed by atoms with E-state index in [1.807, 2.05) is 24.3 Å². The molecule has 1 aromatic carbocycles. The van der Waals surface area contributed by atoms with Gasteiger partial charge in [0.1, 0.15) is 11.8 Å². The Labute approximate surface area is 123 Å². The first-order valence-corrected chi connectivity index (χ1v) is 7.55. The molecule has 21 heavy (non-hydrogen) atoms. The van der Waals surface area contributed by atoms with Crippen molar-refractivity contribution in [1.82, 2.24) is 0 Å². The third-order valence-electron chi connectivity index (χ3n) is 5.39. The number of benzene rings is 1. The van der Waals surface area contributed by atoms with Crippen molar-refractivity contribution in [1.29, 1.82) is 5.26 Å². The summed E-state index contributed by atoms with van der Waals surface area (Å²) in [5, 5.41) is 9.87. The van der Waals surface area contributed by atoms with E-state index in [1.54, 1.807) is 0 Å². The van der Waals surface area contributed by atoms with Gasteiger partial charge in [-0.3, -0.25) is 4.79 Å². The van der Waals surface area contributed by atoms with Gasteiger partial charge in [-0.05, 0) is 18.9 Å². The van der Waals surface area contributed by atoms with Crippen molar-refractivity contribution in [2.75, 3.05) is 0 Å². The lowest BCUT2D eigenvalue weighted by molar-refractivity contribution is -0.274. The summed E-state index contributed by atoms with van der Waals surface area (Å²) in [4.78, 5) is 11.7. The third-order valence-corrected chi connectivity index (χ3v) is 5.39. The van der Waals surface area contributed by atoms with E-state index in [-0.39, 0.29) is 17.8 Å². The van der Waals surface area contributed by atoms with Crippen molar-refractivity contribution >= 4 is 5.97 Å². The van der Waals surface area contributed by atoms with Crippen molar-refractivity contribution < 1.29 is 14.3 Å². The van der Waals surface area contributed by atoms with Crippen LogP contribution in [0.1, 0.15) is 38.2 Å². The van der Waals surface area contributed by atoms with Crippen molar-refractivity contribution in [3.63, 3.8) is 0 Å². The van der Waals surface area contributed by atoms with E-state index in [0.717, 1.165) is 31.2 Å². The number of fused-ring (bicyclic) bond motifs is 6. The maximum absolute atomic E-state index is 11.7. The normalized spacial score (nSPS) is 38.9. The van der Waals surface area contributed by atoms with Crippen LogP contribution in [0.3, 0.4) is 0 Å². The van der Waals surface area contributed by atoms with Crippen LogP contribution in [-0.2, 0) is 15.1 Å². The molecule has 0 amide bonds. The molecule has 0 radical (unpaired) electrons. The summed E-state index contributed by atoms with van der Waals surface area (Å²) in [6, 6.07) is 9.97. The molecule has 1 heterocycles. The topological polar surface area (TPSA) is 59.3 Å². The molecule has 4 nitrogen and oxygen atoms in total. The third kappa shape index (κ3) is 1.28. The number of hydrogen-bond acceptors (Lipinski definition) is 4. The van der Waals surface area contributed by atoms with E-state index in [9.17, 15) is 10.1 Å². The van der Waals surface area contributed by atoms with Crippen LogP contribution < -0.4 is 4.74 Å². The monoisotopic (exact) mass is 283 g/mol. The van der Waals surface area contributed by atoms with Crippen molar-refractivity contribution in [3.8, 4) is 11.8 Å². The van der Waals surface area contributed by atoms with E-state index in [1.165, 1.54) is 6.92 Å². The number of rotatable bonds is 1. The minimum atomic E-state index is -1.03. The van der Waals surface area contributed by atoms with Crippen LogP contribution in [0.4, 0.5) is 0 Å². The Kier molecular flexibility index (Phi) is 2.42. The molecule has 2 aliphatic carbocycles. The zero-order chi connectivity index (χ0) is 14.7. The molecule has 0 bridgehead atoms. The highest BCUT2D eigenvalue weighted by molar-refractivity contribution is 5.69. The molecular formula is C17H17NO3. The molecule has 108 valence electrons. The Hall–Kier alpha value is -2.02. The second-order valence-corrected chi connectivity index (χ2v) is 6.27. The Morgan fingerprint density at radius 3 is 2.76 bits per heavy atom. The number of carbonyl (C=O) groups is 1. The molecule has 2 fully saturated rings. The van der Waals surface area contributed by atoms with Gasteiger partial charge in [-0.1, -0.05) is 31.0 Å². The van der Waals surface area contributed by atoms with Crippen LogP contribution in [-0.4, -0.2) is 11.6 Å². The molecule has 4 atom stereocenters. The first-order valence-electron chi connectivity index (χ1n) is 7.55. The van der Waals surface area contributed by atoms with Crippen LogP contribution in [0.15, 0.2) is 24.3 Å². The fraction of sp³-hybridized carbons (Fsp3) is 0.529. The van der Waals surface area contributed by atoms with Gasteiger partial charge in [0.25, 0.3) is 0 Å². The minimum absolute atomic E-state index is 0.156. The summed E-state index contributed by atoms with van der Waals surface area (Å²) in [5.41, 5.74) is -1.08. The average Bonchev–Trinajstić information content (AvgIpc) is 2.73. The SMILES string of the molecule is CC(=O)OC12c3ccccc3OC1(C#N)C1CCCCC12. The predicted octanol–water partition coefficient (Wildman–Crippen LogP) is 2.92. The van der Waals surface area contributed by atoms with E-state index in [0.29, 0.717) is 5.75 Å². The van der Waals surface area contributed by atoms with Gasteiger partial charge < -0.3 is 9.47 Å². The van der Waals surface area contributed by atoms with Crippen LogP contribution in [0.2, 0.25) is 0 Å². The highest BCUT2D eigenvalue weighted by Gasteiger charge is 2.81. The maximum Gasteiger partial charge on any atom is 0.303 e. The fourth-order valence-electron chi connectivity index (χ4n) is 4.77. The number of esters is 1. The van der Waals surface area contributed by atoms with Crippen LogP contribution >= 0.6 is 0 Å². The molecule has 0 spiro atoms. The van der Waals surface area contributed by atoms with E-state index >= 15 is 0 Å². The highest BCUT2D eigenvalue weighted by atomic mass is 16.6. The standard InChI is InChI=1S/C17H17NO3/c1-11(19)20-17-13-7-3-2-6-12(13)16(17,10-18)21-15-9-5-4-8-14(15)17/h4-5,8-9,12-13H,2-3,6-7H2,1H3. The van der Waals surface area contributed by atoms with Gasteiger partial charge in [0.2, 0.25) is 5.60 Å². The van der Waals surface area contributed by atoms with Crippen LogP contribution in [0.25, 0.3) is 0 Å². The van der Waals surface area contributed by atoms with Gasteiger partial charge >= 0.3 is 5.97 Å². The smallest absolute Gasteiger partial charge is 0.303 e. The van der Waals surface area contributed by atoms with Crippen LogP contribution in [0, 0.1) is 23.2 Å². The Morgan fingerprint density at radius 2 is 2.05 bits per heavy atom.